The molecule has 0 bridgehead atoms. The van der Waals surface area contributed by atoms with Gasteiger partial charge >= 0.3 is 0 Å². The SMILES string of the molecule is CC(C)(C)[Si](OCCCC(c1cccc(F)c1)n1cncc1CN)(c1ccccc1)c1ccccc1. The smallest absolute Gasteiger partial charge is 0.261 e. The molecular formula is C30H36FN3OSi. The molecular weight excluding hydrogens is 465 g/mol. The predicted octanol–water partition coefficient (Wildman–Crippen LogP) is 5.43. The second-order valence-electron chi connectivity index (χ2n) is 10.2. The normalized spacial score (nSPS) is 13.0. The molecule has 0 fully saturated rings. The van der Waals surface area contributed by atoms with E-state index in [0.29, 0.717) is 13.2 Å². The Morgan fingerprint density at radius 1 is 0.944 bits per heavy atom. The van der Waals surface area contributed by atoms with Crippen molar-refractivity contribution < 1.29 is 8.82 Å². The summed E-state index contributed by atoms with van der Waals surface area (Å²) in [6.07, 6.45) is 5.17. The largest absolute Gasteiger partial charge is 0.407 e. The lowest BCUT2D eigenvalue weighted by Gasteiger charge is -2.43. The first kappa shape index (κ1) is 26.0. The number of nitrogens with zero attached hydrogens (tertiary/aromatic N) is 2. The monoisotopic (exact) mass is 501 g/mol. The fourth-order valence-electron chi connectivity index (χ4n) is 5.21. The Labute approximate surface area is 215 Å². The Kier molecular flexibility index (Phi) is 8.19. The summed E-state index contributed by atoms with van der Waals surface area (Å²) in [5, 5.41) is 2.46. The van der Waals surface area contributed by atoms with Crippen LogP contribution in [-0.4, -0.2) is 24.5 Å². The van der Waals surface area contributed by atoms with E-state index in [1.54, 1.807) is 24.7 Å². The minimum Gasteiger partial charge on any atom is -0.407 e. The van der Waals surface area contributed by atoms with Gasteiger partial charge in [-0.05, 0) is 45.9 Å². The van der Waals surface area contributed by atoms with Crippen LogP contribution in [-0.2, 0) is 11.0 Å². The second kappa shape index (κ2) is 11.3. The molecule has 0 saturated carbocycles. The molecule has 0 spiro atoms. The van der Waals surface area contributed by atoms with Crippen LogP contribution in [0.5, 0.6) is 0 Å². The van der Waals surface area contributed by atoms with Crippen LogP contribution in [0.15, 0.2) is 97.5 Å². The molecule has 0 aliphatic heterocycles. The summed E-state index contributed by atoms with van der Waals surface area (Å²) in [5.74, 6) is -0.240. The van der Waals surface area contributed by atoms with E-state index in [9.17, 15) is 4.39 Å². The van der Waals surface area contributed by atoms with Crippen LogP contribution in [0.25, 0.3) is 0 Å². The summed E-state index contributed by atoms with van der Waals surface area (Å²) in [4.78, 5) is 4.31. The molecule has 2 N–H and O–H groups in total. The Hall–Kier alpha value is -3.06. The van der Waals surface area contributed by atoms with Gasteiger partial charge in [0.1, 0.15) is 5.82 Å². The van der Waals surface area contributed by atoms with Gasteiger partial charge < -0.3 is 14.7 Å². The fraction of sp³-hybridized carbons (Fsp3) is 0.300. The zero-order chi connectivity index (χ0) is 25.6. The van der Waals surface area contributed by atoms with Crippen LogP contribution < -0.4 is 16.1 Å². The molecule has 188 valence electrons. The molecule has 0 aliphatic carbocycles. The zero-order valence-electron chi connectivity index (χ0n) is 21.4. The van der Waals surface area contributed by atoms with Gasteiger partial charge in [0, 0.05) is 19.3 Å². The Balaban J connectivity index is 1.62. The van der Waals surface area contributed by atoms with E-state index in [1.807, 2.05) is 6.07 Å². The van der Waals surface area contributed by atoms with Crippen molar-refractivity contribution in [1.82, 2.24) is 9.55 Å². The van der Waals surface area contributed by atoms with Crippen LogP contribution in [0.1, 0.15) is 50.9 Å². The van der Waals surface area contributed by atoms with Crippen molar-refractivity contribution in [3.05, 3.63) is 115 Å². The predicted molar refractivity (Wildman–Crippen MR) is 147 cm³/mol. The third-order valence-corrected chi connectivity index (χ3v) is 11.9. The maximum atomic E-state index is 14.1. The van der Waals surface area contributed by atoms with Crippen molar-refractivity contribution in [3.8, 4) is 0 Å². The number of hydrogen-bond acceptors (Lipinski definition) is 3. The second-order valence-corrected chi connectivity index (χ2v) is 14.5. The van der Waals surface area contributed by atoms with Gasteiger partial charge in [-0.2, -0.15) is 0 Å². The van der Waals surface area contributed by atoms with Crippen LogP contribution in [0, 0.1) is 5.82 Å². The number of aromatic nitrogens is 2. The average Bonchev–Trinajstić information content (AvgIpc) is 3.35. The molecule has 1 atom stereocenters. The maximum Gasteiger partial charge on any atom is 0.261 e. The Morgan fingerprint density at radius 3 is 2.14 bits per heavy atom. The maximum absolute atomic E-state index is 14.1. The van der Waals surface area contributed by atoms with Crippen molar-refractivity contribution in [2.75, 3.05) is 6.61 Å². The topological polar surface area (TPSA) is 53.1 Å². The molecule has 4 nitrogen and oxygen atoms in total. The molecule has 3 aromatic carbocycles. The molecule has 36 heavy (non-hydrogen) atoms. The van der Waals surface area contributed by atoms with E-state index < -0.39 is 8.32 Å². The molecule has 1 unspecified atom stereocenters. The number of benzene rings is 3. The molecule has 0 saturated heterocycles. The average molecular weight is 502 g/mol. The molecule has 1 aromatic heterocycles. The van der Waals surface area contributed by atoms with E-state index in [1.165, 1.54) is 16.4 Å². The lowest BCUT2D eigenvalue weighted by Crippen LogP contribution is -2.66. The first-order valence-corrected chi connectivity index (χ1v) is 14.5. The Bertz CT molecular complexity index is 1200. The first-order valence-electron chi connectivity index (χ1n) is 12.6. The molecule has 4 rings (SSSR count). The van der Waals surface area contributed by atoms with Crippen molar-refractivity contribution in [2.45, 2.75) is 51.2 Å². The number of hydrogen-bond donors (Lipinski definition) is 1. The van der Waals surface area contributed by atoms with Crippen molar-refractivity contribution in [1.29, 1.82) is 0 Å². The van der Waals surface area contributed by atoms with Gasteiger partial charge in [-0.15, -0.1) is 0 Å². The molecule has 0 radical (unpaired) electrons. The summed E-state index contributed by atoms with van der Waals surface area (Å²) in [5.41, 5.74) is 7.81. The summed E-state index contributed by atoms with van der Waals surface area (Å²) < 4.78 is 23.3. The van der Waals surface area contributed by atoms with Gasteiger partial charge in [-0.3, -0.25) is 0 Å². The molecule has 0 amide bonds. The first-order chi connectivity index (χ1) is 17.4. The van der Waals surface area contributed by atoms with E-state index in [-0.39, 0.29) is 16.9 Å². The van der Waals surface area contributed by atoms with Gasteiger partial charge in [0.2, 0.25) is 0 Å². The van der Waals surface area contributed by atoms with Gasteiger partial charge in [-0.1, -0.05) is 93.6 Å². The number of imidazole rings is 1. The molecule has 0 aliphatic rings. The highest BCUT2D eigenvalue weighted by Gasteiger charge is 2.49. The summed E-state index contributed by atoms with van der Waals surface area (Å²) in [6.45, 7) is 7.84. The fourth-order valence-corrected chi connectivity index (χ4v) is 9.82. The van der Waals surface area contributed by atoms with Crippen LogP contribution in [0.3, 0.4) is 0 Å². The lowest BCUT2D eigenvalue weighted by atomic mass is 10.0. The van der Waals surface area contributed by atoms with Crippen LogP contribution in [0.4, 0.5) is 4.39 Å². The number of halogens is 1. The molecule has 4 aromatic rings. The van der Waals surface area contributed by atoms with Gasteiger partial charge in [0.25, 0.3) is 8.32 Å². The highest BCUT2D eigenvalue weighted by atomic mass is 28.4. The third-order valence-electron chi connectivity index (χ3n) is 6.88. The summed E-state index contributed by atoms with van der Waals surface area (Å²) in [7, 11) is -2.59. The lowest BCUT2D eigenvalue weighted by molar-refractivity contribution is 0.280. The third kappa shape index (κ3) is 5.36. The Morgan fingerprint density at radius 2 is 1.58 bits per heavy atom. The number of rotatable bonds is 10. The van der Waals surface area contributed by atoms with Gasteiger partial charge in [0.05, 0.1) is 18.1 Å². The van der Waals surface area contributed by atoms with E-state index in [4.69, 9.17) is 10.2 Å². The quantitative estimate of drug-likeness (QED) is 0.233. The van der Waals surface area contributed by atoms with E-state index in [2.05, 4.69) is 91.0 Å². The molecule has 1 heterocycles. The van der Waals surface area contributed by atoms with Gasteiger partial charge in [0.15, 0.2) is 0 Å². The van der Waals surface area contributed by atoms with E-state index >= 15 is 0 Å². The van der Waals surface area contributed by atoms with E-state index in [0.717, 1.165) is 24.1 Å². The molecule has 6 heteroatoms. The standard InChI is InChI=1S/C30H36FN3OSi/c1-30(2,3)36(27-14-6-4-7-15-27,28-16-8-5-9-17-28)35-19-11-18-29(24-12-10-13-25(31)20-24)34-23-33-22-26(34)21-32/h4-10,12-17,20,22-23,29H,11,18-19,21,32H2,1-3H3. The minimum absolute atomic E-state index is 0.0653. The van der Waals surface area contributed by atoms with Crippen molar-refractivity contribution in [3.63, 3.8) is 0 Å². The highest BCUT2D eigenvalue weighted by Crippen LogP contribution is 2.37. The minimum atomic E-state index is -2.59. The van der Waals surface area contributed by atoms with Crippen LogP contribution in [0.2, 0.25) is 5.04 Å². The number of nitrogens with two attached hydrogens (primary N) is 1. The highest BCUT2D eigenvalue weighted by molar-refractivity contribution is 6.99. The summed E-state index contributed by atoms with van der Waals surface area (Å²) >= 11 is 0. The van der Waals surface area contributed by atoms with Crippen molar-refractivity contribution >= 4 is 18.7 Å². The summed E-state index contributed by atoms with van der Waals surface area (Å²) in [6, 6.07) is 28.1. The van der Waals surface area contributed by atoms with Crippen molar-refractivity contribution in [2.24, 2.45) is 5.73 Å². The zero-order valence-corrected chi connectivity index (χ0v) is 22.4. The van der Waals surface area contributed by atoms with Crippen LogP contribution >= 0.6 is 0 Å². The van der Waals surface area contributed by atoms with Gasteiger partial charge in [-0.25, -0.2) is 9.37 Å².